The van der Waals surface area contributed by atoms with Gasteiger partial charge in [-0.15, -0.1) is 0 Å². The first kappa shape index (κ1) is 30.4. The van der Waals surface area contributed by atoms with Crippen LogP contribution in [-0.2, 0) is 21.2 Å². The third kappa shape index (κ3) is 7.67. The largest absolute Gasteiger partial charge is 0.299 e. The summed E-state index contributed by atoms with van der Waals surface area (Å²) in [6, 6.07) is 16.7. The molecule has 1 saturated carbocycles. The molecular weight excluding hydrogens is 561 g/mol. The van der Waals surface area contributed by atoms with Gasteiger partial charge in [-0.05, 0) is 79.0 Å². The Morgan fingerprint density at radius 3 is 2.29 bits per heavy atom. The van der Waals surface area contributed by atoms with E-state index >= 15 is 0 Å². The number of aromatic nitrogens is 1. The molecule has 2 aliphatic rings. The summed E-state index contributed by atoms with van der Waals surface area (Å²) >= 11 is 0. The van der Waals surface area contributed by atoms with Crippen molar-refractivity contribution in [3.8, 4) is 11.3 Å². The smallest absolute Gasteiger partial charge is 0.261 e. The summed E-state index contributed by atoms with van der Waals surface area (Å²) in [6.45, 7) is 2.52. The van der Waals surface area contributed by atoms with Crippen LogP contribution in [-0.4, -0.2) is 48.8 Å². The summed E-state index contributed by atoms with van der Waals surface area (Å²) < 4.78 is 66.5. The molecule has 1 atom stereocenters. The molecule has 0 bridgehead atoms. The van der Waals surface area contributed by atoms with Crippen LogP contribution in [0.5, 0.6) is 0 Å². The summed E-state index contributed by atoms with van der Waals surface area (Å²) in [5, 5.41) is 0. The van der Waals surface area contributed by atoms with Crippen molar-refractivity contribution in [2.75, 3.05) is 18.8 Å². The Hall–Kier alpha value is -3.04. The predicted octanol–water partition coefficient (Wildman–Crippen LogP) is 7.07. The molecule has 5 nitrogen and oxygen atoms in total. The first-order valence-corrected chi connectivity index (χ1v) is 16.3. The second kappa shape index (κ2) is 12.7. The molecule has 1 aromatic heterocycles. The molecule has 2 heterocycles. The third-order valence-electron chi connectivity index (χ3n) is 8.69. The molecule has 2 fully saturated rings. The van der Waals surface area contributed by atoms with Crippen molar-refractivity contribution in [1.82, 2.24) is 9.88 Å². The van der Waals surface area contributed by atoms with Gasteiger partial charge >= 0.3 is 0 Å². The minimum Gasteiger partial charge on any atom is -0.299 e. The van der Waals surface area contributed by atoms with Crippen molar-refractivity contribution >= 4 is 15.6 Å². The molecular formula is C33H37F3N2O3S. The SMILES string of the molecule is C[C@@H](CC(=O)C1CCC(CS(=O)(=O)c2ccc(-c3ccc(CN4CCC(F)(F)C4)cn3)cc2)CC1)c1ccc(F)cc1. The number of carbonyl (C=O) groups excluding carboxylic acids is 1. The van der Waals surface area contributed by atoms with Gasteiger partial charge in [-0.2, -0.15) is 0 Å². The molecule has 1 saturated heterocycles. The average molecular weight is 599 g/mol. The van der Waals surface area contributed by atoms with Gasteiger partial charge < -0.3 is 0 Å². The first-order chi connectivity index (χ1) is 20.0. The van der Waals surface area contributed by atoms with E-state index in [1.807, 2.05) is 19.1 Å². The number of hydrogen-bond donors (Lipinski definition) is 0. The number of halogens is 3. The Balaban J connectivity index is 1.11. The van der Waals surface area contributed by atoms with Gasteiger partial charge in [0.05, 0.1) is 22.9 Å². The summed E-state index contributed by atoms with van der Waals surface area (Å²) in [4.78, 5) is 19.4. The molecule has 3 aromatic rings. The Morgan fingerprint density at radius 1 is 1.00 bits per heavy atom. The number of pyridine rings is 1. The van der Waals surface area contributed by atoms with Crippen molar-refractivity contribution < 1.29 is 26.4 Å². The number of likely N-dealkylation sites (tertiary alicyclic amines) is 1. The predicted molar refractivity (Wildman–Crippen MR) is 156 cm³/mol. The van der Waals surface area contributed by atoms with Crippen LogP contribution in [0.1, 0.15) is 62.5 Å². The van der Waals surface area contributed by atoms with E-state index in [2.05, 4.69) is 4.98 Å². The summed E-state index contributed by atoms with van der Waals surface area (Å²) in [6.07, 6.45) is 4.75. The average Bonchev–Trinajstić information content (AvgIpc) is 3.31. The fraction of sp³-hybridized carbons (Fsp3) is 0.455. The van der Waals surface area contributed by atoms with Gasteiger partial charge in [-0.25, -0.2) is 21.6 Å². The van der Waals surface area contributed by atoms with Gasteiger partial charge in [-0.3, -0.25) is 14.7 Å². The van der Waals surface area contributed by atoms with Gasteiger partial charge in [-0.1, -0.05) is 37.3 Å². The second-order valence-corrected chi connectivity index (χ2v) is 14.0. The lowest BCUT2D eigenvalue weighted by Gasteiger charge is -2.28. The van der Waals surface area contributed by atoms with Crippen molar-refractivity contribution in [3.63, 3.8) is 0 Å². The Labute approximate surface area is 246 Å². The molecule has 9 heteroatoms. The highest BCUT2D eigenvalue weighted by molar-refractivity contribution is 7.91. The Kier molecular flexibility index (Phi) is 9.18. The zero-order chi connectivity index (χ0) is 29.9. The number of benzene rings is 2. The molecule has 5 rings (SSSR count). The van der Waals surface area contributed by atoms with E-state index in [-0.39, 0.29) is 53.0 Å². The number of sulfone groups is 1. The molecule has 0 amide bonds. The second-order valence-electron chi connectivity index (χ2n) is 12.0. The minimum absolute atomic E-state index is 0.0121. The number of rotatable bonds is 10. The molecule has 224 valence electrons. The lowest BCUT2D eigenvalue weighted by molar-refractivity contribution is -0.124. The van der Waals surface area contributed by atoms with Gasteiger partial charge in [0.25, 0.3) is 5.92 Å². The van der Waals surface area contributed by atoms with Crippen LogP contribution in [0.2, 0.25) is 0 Å². The van der Waals surface area contributed by atoms with Crippen LogP contribution < -0.4 is 0 Å². The first-order valence-electron chi connectivity index (χ1n) is 14.6. The van der Waals surface area contributed by atoms with Crippen molar-refractivity contribution in [1.29, 1.82) is 0 Å². The molecule has 1 aliphatic heterocycles. The highest BCUT2D eigenvalue weighted by atomic mass is 32.2. The van der Waals surface area contributed by atoms with Crippen LogP contribution in [0.4, 0.5) is 13.2 Å². The van der Waals surface area contributed by atoms with Gasteiger partial charge in [0.15, 0.2) is 9.84 Å². The summed E-state index contributed by atoms with van der Waals surface area (Å²) in [5.74, 6) is -2.70. The molecule has 0 unspecified atom stereocenters. The lowest BCUT2D eigenvalue weighted by atomic mass is 9.78. The fourth-order valence-electron chi connectivity index (χ4n) is 6.16. The van der Waals surface area contributed by atoms with Crippen molar-refractivity contribution in [2.24, 2.45) is 11.8 Å². The molecule has 2 aromatic carbocycles. The zero-order valence-electron chi connectivity index (χ0n) is 23.8. The van der Waals surface area contributed by atoms with E-state index < -0.39 is 15.8 Å². The van der Waals surface area contributed by atoms with Crippen molar-refractivity contribution in [3.05, 3.63) is 83.8 Å². The molecule has 0 spiro atoms. The van der Waals surface area contributed by atoms with E-state index in [0.29, 0.717) is 50.9 Å². The van der Waals surface area contributed by atoms with Crippen molar-refractivity contribution in [2.45, 2.75) is 68.7 Å². The minimum atomic E-state index is -3.49. The monoisotopic (exact) mass is 598 g/mol. The molecule has 0 radical (unpaired) electrons. The van der Waals surface area contributed by atoms with E-state index in [9.17, 15) is 26.4 Å². The van der Waals surface area contributed by atoms with Crippen LogP contribution >= 0.6 is 0 Å². The maximum absolute atomic E-state index is 13.5. The fourth-order valence-corrected chi connectivity index (χ4v) is 7.85. The summed E-state index contributed by atoms with van der Waals surface area (Å²) in [5.41, 5.74) is 3.26. The quantitative estimate of drug-likeness (QED) is 0.250. The Bertz CT molecular complexity index is 1470. The van der Waals surface area contributed by atoms with Crippen LogP contribution in [0, 0.1) is 17.7 Å². The van der Waals surface area contributed by atoms with E-state index in [1.54, 1.807) is 47.5 Å². The highest BCUT2D eigenvalue weighted by Gasteiger charge is 2.38. The number of nitrogens with zero attached hydrogens (tertiary/aromatic N) is 2. The highest BCUT2D eigenvalue weighted by Crippen LogP contribution is 2.34. The molecule has 0 N–H and O–H groups in total. The number of ketones is 1. The summed E-state index contributed by atoms with van der Waals surface area (Å²) in [7, 11) is -3.49. The van der Waals surface area contributed by atoms with Gasteiger partial charge in [0.1, 0.15) is 11.6 Å². The van der Waals surface area contributed by atoms with E-state index in [0.717, 1.165) is 16.7 Å². The maximum Gasteiger partial charge on any atom is 0.261 e. The Morgan fingerprint density at radius 2 is 1.69 bits per heavy atom. The zero-order valence-corrected chi connectivity index (χ0v) is 24.6. The molecule has 42 heavy (non-hydrogen) atoms. The number of alkyl halides is 2. The standard InChI is InChI=1S/C33H37F3N2O3S/c1-23(26-7-11-29(34)12-8-26)18-32(39)28-5-2-24(3-6-28)21-42(40,41)30-13-9-27(10-14-30)31-15-4-25(19-37-31)20-38-17-16-33(35,36)22-38/h4,7-15,19,23-24,28H,2-3,5-6,16-18,20-22H2,1H3/t23-,24?,28?/m0/s1. The number of carbonyl (C=O) groups is 1. The molecule has 1 aliphatic carbocycles. The van der Waals surface area contributed by atoms with Gasteiger partial charge in [0.2, 0.25) is 0 Å². The van der Waals surface area contributed by atoms with Crippen LogP contribution in [0.25, 0.3) is 11.3 Å². The van der Waals surface area contributed by atoms with E-state index in [1.165, 1.54) is 12.1 Å². The number of Topliss-reactive ketones (excluding diaryl/α,β-unsaturated/α-hetero) is 1. The third-order valence-corrected chi connectivity index (χ3v) is 10.6. The van der Waals surface area contributed by atoms with Crippen LogP contribution in [0.15, 0.2) is 71.8 Å². The van der Waals surface area contributed by atoms with Crippen LogP contribution in [0.3, 0.4) is 0 Å². The van der Waals surface area contributed by atoms with E-state index in [4.69, 9.17) is 0 Å². The normalized spacial score (nSPS) is 21.7. The van der Waals surface area contributed by atoms with Gasteiger partial charge in [0, 0.05) is 43.6 Å². The topological polar surface area (TPSA) is 67.3 Å². The lowest BCUT2D eigenvalue weighted by Crippen LogP contribution is -2.26. The maximum atomic E-state index is 13.5. The number of hydrogen-bond acceptors (Lipinski definition) is 5.